The molecule has 1 rings (SSSR count). The summed E-state index contributed by atoms with van der Waals surface area (Å²) in [5.41, 5.74) is 0. The molecule has 80 valence electrons. The number of carbonyl (C=O) groups is 2. The molecular weight excluding hydrogens is 180 g/mol. The Kier molecular flexibility index (Phi) is 4.07. The van der Waals surface area contributed by atoms with E-state index in [2.05, 4.69) is 5.32 Å². The van der Waals surface area contributed by atoms with E-state index in [4.69, 9.17) is 0 Å². The Balaban J connectivity index is 2.44. The number of amides is 2. The van der Waals surface area contributed by atoms with E-state index in [9.17, 15) is 9.59 Å². The average Bonchev–Trinajstić information content (AvgIpc) is 2.45. The van der Waals surface area contributed by atoms with E-state index in [1.54, 1.807) is 0 Å². The molecule has 0 aromatic rings. The van der Waals surface area contributed by atoms with Crippen LogP contribution in [0.15, 0.2) is 0 Å². The zero-order chi connectivity index (χ0) is 10.6. The molecule has 0 aliphatic carbocycles. The summed E-state index contributed by atoms with van der Waals surface area (Å²) in [5.74, 6) is -0.0701. The van der Waals surface area contributed by atoms with E-state index in [1.807, 2.05) is 13.8 Å². The van der Waals surface area contributed by atoms with Crippen LogP contribution in [0.25, 0.3) is 0 Å². The smallest absolute Gasteiger partial charge is 0.232 e. The number of likely N-dealkylation sites (tertiary alicyclic amines) is 1. The van der Waals surface area contributed by atoms with Crippen LogP contribution in [0, 0.1) is 5.92 Å². The minimum Gasteiger partial charge on any atom is -0.315 e. The van der Waals surface area contributed by atoms with Gasteiger partial charge < -0.3 is 5.32 Å². The van der Waals surface area contributed by atoms with Gasteiger partial charge in [-0.25, -0.2) is 0 Å². The van der Waals surface area contributed by atoms with Crippen molar-refractivity contribution in [1.82, 2.24) is 10.2 Å². The Labute approximate surface area is 84.7 Å². The van der Waals surface area contributed by atoms with Crippen molar-refractivity contribution in [3.8, 4) is 0 Å². The quantitative estimate of drug-likeness (QED) is 0.513. The van der Waals surface area contributed by atoms with Crippen LogP contribution in [0.5, 0.6) is 0 Å². The van der Waals surface area contributed by atoms with Crippen LogP contribution >= 0.6 is 0 Å². The van der Waals surface area contributed by atoms with Crippen LogP contribution in [-0.2, 0) is 9.59 Å². The van der Waals surface area contributed by atoms with Crippen molar-refractivity contribution in [2.75, 3.05) is 19.6 Å². The Bertz CT molecular complexity index is 228. The van der Waals surface area contributed by atoms with Crippen LogP contribution in [-0.4, -0.2) is 36.3 Å². The number of rotatable bonds is 5. The molecule has 4 heteroatoms. The van der Waals surface area contributed by atoms with Gasteiger partial charge in [-0.1, -0.05) is 13.8 Å². The molecule has 1 fully saturated rings. The number of hydrogen-bond acceptors (Lipinski definition) is 3. The third-order valence-electron chi connectivity index (χ3n) is 2.59. The lowest BCUT2D eigenvalue weighted by Crippen LogP contribution is -2.36. The number of hydrogen-bond donors (Lipinski definition) is 1. The highest BCUT2D eigenvalue weighted by molar-refractivity contribution is 6.03. The summed E-state index contributed by atoms with van der Waals surface area (Å²) in [5, 5.41) is 3.10. The van der Waals surface area contributed by atoms with E-state index in [-0.39, 0.29) is 17.7 Å². The number of imide groups is 1. The van der Waals surface area contributed by atoms with Gasteiger partial charge >= 0.3 is 0 Å². The highest BCUT2D eigenvalue weighted by atomic mass is 16.2. The summed E-state index contributed by atoms with van der Waals surface area (Å²) >= 11 is 0. The summed E-state index contributed by atoms with van der Waals surface area (Å²) in [7, 11) is 0. The van der Waals surface area contributed by atoms with Crippen LogP contribution in [0.4, 0.5) is 0 Å². The molecule has 1 N–H and O–H groups in total. The summed E-state index contributed by atoms with van der Waals surface area (Å²) < 4.78 is 0. The van der Waals surface area contributed by atoms with Crippen molar-refractivity contribution < 1.29 is 9.59 Å². The second-order valence-corrected chi connectivity index (χ2v) is 3.55. The molecule has 0 bridgehead atoms. The topological polar surface area (TPSA) is 49.4 Å². The number of carbonyl (C=O) groups excluding carboxylic acids is 2. The van der Waals surface area contributed by atoms with Gasteiger partial charge in [-0.15, -0.1) is 0 Å². The first-order valence-electron chi connectivity index (χ1n) is 5.25. The molecule has 1 aliphatic heterocycles. The highest BCUT2D eigenvalue weighted by Gasteiger charge is 2.36. The van der Waals surface area contributed by atoms with Gasteiger partial charge in [0.05, 0.1) is 0 Å². The largest absolute Gasteiger partial charge is 0.315 e. The van der Waals surface area contributed by atoms with Gasteiger partial charge in [0.2, 0.25) is 11.8 Å². The molecule has 1 saturated heterocycles. The van der Waals surface area contributed by atoms with Crippen LogP contribution < -0.4 is 5.32 Å². The molecule has 0 saturated carbocycles. The summed E-state index contributed by atoms with van der Waals surface area (Å²) in [6.07, 6.45) is 1.17. The number of nitrogens with zero attached hydrogens (tertiary/aromatic N) is 1. The predicted octanol–water partition coefficient (Wildman–Crippen LogP) is 0.381. The maximum absolute atomic E-state index is 11.6. The van der Waals surface area contributed by atoms with Gasteiger partial charge in [-0.05, 0) is 13.0 Å². The third-order valence-corrected chi connectivity index (χ3v) is 2.59. The minimum absolute atomic E-state index is 0.00963. The fraction of sp³-hybridized carbons (Fsp3) is 0.800. The van der Waals surface area contributed by atoms with Crippen molar-refractivity contribution >= 4 is 11.8 Å². The van der Waals surface area contributed by atoms with Crippen molar-refractivity contribution in [2.24, 2.45) is 5.92 Å². The molecule has 1 heterocycles. The van der Waals surface area contributed by atoms with Crippen molar-refractivity contribution in [3.63, 3.8) is 0 Å². The Morgan fingerprint density at radius 2 is 2.14 bits per heavy atom. The van der Waals surface area contributed by atoms with E-state index >= 15 is 0 Å². The fourth-order valence-corrected chi connectivity index (χ4v) is 1.67. The summed E-state index contributed by atoms with van der Waals surface area (Å²) in [6, 6.07) is 0. The van der Waals surface area contributed by atoms with E-state index in [0.29, 0.717) is 19.5 Å². The molecule has 0 aromatic heterocycles. The second kappa shape index (κ2) is 5.10. The highest BCUT2D eigenvalue weighted by Crippen LogP contribution is 2.21. The maximum atomic E-state index is 11.6. The molecule has 1 unspecified atom stereocenters. The first kappa shape index (κ1) is 11.2. The van der Waals surface area contributed by atoms with Crippen LogP contribution in [0.2, 0.25) is 0 Å². The lowest BCUT2D eigenvalue weighted by molar-refractivity contribution is -0.139. The Morgan fingerprint density at radius 1 is 1.43 bits per heavy atom. The molecule has 1 aliphatic rings. The van der Waals surface area contributed by atoms with Crippen LogP contribution in [0.1, 0.15) is 26.7 Å². The van der Waals surface area contributed by atoms with Gasteiger partial charge in [0.1, 0.15) is 0 Å². The zero-order valence-corrected chi connectivity index (χ0v) is 8.88. The van der Waals surface area contributed by atoms with Crippen molar-refractivity contribution in [1.29, 1.82) is 0 Å². The van der Waals surface area contributed by atoms with Crippen molar-refractivity contribution in [3.05, 3.63) is 0 Å². The number of likely N-dealkylation sites (N-methyl/N-ethyl adjacent to an activating group) is 1. The third kappa shape index (κ3) is 2.32. The molecule has 4 nitrogen and oxygen atoms in total. The van der Waals surface area contributed by atoms with Gasteiger partial charge in [0, 0.05) is 25.4 Å². The van der Waals surface area contributed by atoms with Gasteiger partial charge in [0.25, 0.3) is 0 Å². The molecular formula is C10H18N2O2. The van der Waals surface area contributed by atoms with Crippen molar-refractivity contribution in [2.45, 2.75) is 26.7 Å². The first-order chi connectivity index (χ1) is 6.70. The Hall–Kier alpha value is -0.900. The number of nitrogens with one attached hydrogen (secondary N) is 1. The standard InChI is InChI=1S/C10H18N2O2/c1-3-8-7-9(13)12(10(8)14)6-5-11-4-2/h8,11H,3-7H2,1-2H3. The molecule has 2 amide bonds. The normalized spacial score (nSPS) is 22.1. The summed E-state index contributed by atoms with van der Waals surface area (Å²) in [4.78, 5) is 24.4. The van der Waals surface area contributed by atoms with Gasteiger partial charge in [-0.2, -0.15) is 0 Å². The summed E-state index contributed by atoms with van der Waals surface area (Å²) in [6.45, 7) is 6.03. The molecule has 1 atom stereocenters. The fourth-order valence-electron chi connectivity index (χ4n) is 1.67. The van der Waals surface area contributed by atoms with E-state index in [1.165, 1.54) is 4.90 Å². The lowest BCUT2D eigenvalue weighted by atomic mass is 10.1. The monoisotopic (exact) mass is 198 g/mol. The second-order valence-electron chi connectivity index (χ2n) is 3.55. The lowest BCUT2D eigenvalue weighted by Gasteiger charge is -2.14. The molecule has 0 aromatic carbocycles. The predicted molar refractivity (Wildman–Crippen MR) is 53.7 cm³/mol. The van der Waals surface area contributed by atoms with E-state index < -0.39 is 0 Å². The molecule has 0 spiro atoms. The first-order valence-corrected chi connectivity index (χ1v) is 5.25. The molecule has 0 radical (unpaired) electrons. The van der Waals surface area contributed by atoms with Gasteiger partial charge in [0.15, 0.2) is 0 Å². The maximum Gasteiger partial charge on any atom is 0.232 e. The van der Waals surface area contributed by atoms with Crippen LogP contribution in [0.3, 0.4) is 0 Å². The average molecular weight is 198 g/mol. The molecule has 14 heavy (non-hydrogen) atoms. The Morgan fingerprint density at radius 3 is 2.64 bits per heavy atom. The van der Waals surface area contributed by atoms with E-state index in [0.717, 1.165) is 13.0 Å². The zero-order valence-electron chi connectivity index (χ0n) is 8.88. The SMILES string of the molecule is CCNCCN1C(=O)CC(CC)C1=O. The minimum atomic E-state index is -0.0656. The van der Waals surface area contributed by atoms with Gasteiger partial charge in [-0.3, -0.25) is 14.5 Å².